The molecule has 1 aliphatic heterocycles. The summed E-state index contributed by atoms with van der Waals surface area (Å²) < 4.78 is 5.36. The highest BCUT2D eigenvalue weighted by atomic mass is 16.5. The standard InChI is InChI=1S/C17H22N2O2/c1-3-4-5-6-17(20)18-16-8-7-15(13-14(16)2)19-9-11-21-12-10-19/h3-8,13H,9-12H2,1-2H3,(H,18,20)/b4-3+,6-5+. The van der Waals surface area contributed by atoms with Crippen LogP contribution in [0.5, 0.6) is 0 Å². The molecule has 4 heteroatoms. The summed E-state index contributed by atoms with van der Waals surface area (Å²) in [6.45, 7) is 7.29. The van der Waals surface area contributed by atoms with Crippen LogP contribution in [0.3, 0.4) is 0 Å². The number of carbonyl (C=O) groups is 1. The first kappa shape index (κ1) is 15.3. The van der Waals surface area contributed by atoms with Crippen molar-refractivity contribution in [3.63, 3.8) is 0 Å². The van der Waals surface area contributed by atoms with Crippen LogP contribution in [0.1, 0.15) is 12.5 Å². The molecule has 0 aliphatic carbocycles. The fraction of sp³-hybridized carbons (Fsp3) is 0.353. The van der Waals surface area contributed by atoms with Crippen molar-refractivity contribution >= 4 is 17.3 Å². The number of benzene rings is 1. The monoisotopic (exact) mass is 286 g/mol. The highest BCUT2D eigenvalue weighted by molar-refractivity contribution is 6.00. The van der Waals surface area contributed by atoms with Crippen molar-refractivity contribution in [1.29, 1.82) is 0 Å². The molecule has 1 N–H and O–H groups in total. The Morgan fingerprint density at radius 3 is 2.71 bits per heavy atom. The van der Waals surface area contributed by atoms with Crippen molar-refractivity contribution in [2.45, 2.75) is 13.8 Å². The van der Waals surface area contributed by atoms with Gasteiger partial charge in [-0.05, 0) is 37.6 Å². The Morgan fingerprint density at radius 1 is 1.29 bits per heavy atom. The minimum absolute atomic E-state index is 0.115. The van der Waals surface area contributed by atoms with Gasteiger partial charge in [0.05, 0.1) is 13.2 Å². The van der Waals surface area contributed by atoms with Gasteiger partial charge in [-0.25, -0.2) is 0 Å². The van der Waals surface area contributed by atoms with Gasteiger partial charge in [0.1, 0.15) is 0 Å². The number of nitrogens with one attached hydrogen (secondary N) is 1. The summed E-state index contributed by atoms with van der Waals surface area (Å²) in [7, 11) is 0. The largest absolute Gasteiger partial charge is 0.378 e. The number of amides is 1. The van der Waals surface area contributed by atoms with Crippen LogP contribution >= 0.6 is 0 Å². The smallest absolute Gasteiger partial charge is 0.248 e. The van der Waals surface area contributed by atoms with E-state index < -0.39 is 0 Å². The second-order valence-electron chi connectivity index (χ2n) is 4.97. The van der Waals surface area contributed by atoms with Gasteiger partial charge in [-0.15, -0.1) is 0 Å². The number of ether oxygens (including phenoxy) is 1. The third-order valence-electron chi connectivity index (χ3n) is 3.40. The minimum atomic E-state index is -0.115. The van der Waals surface area contributed by atoms with E-state index in [1.807, 2.05) is 38.1 Å². The molecule has 1 saturated heterocycles. The van der Waals surface area contributed by atoms with Gasteiger partial charge >= 0.3 is 0 Å². The predicted molar refractivity (Wildman–Crippen MR) is 86.8 cm³/mol. The molecule has 112 valence electrons. The fourth-order valence-electron chi connectivity index (χ4n) is 2.23. The second-order valence-corrected chi connectivity index (χ2v) is 4.97. The number of allylic oxidation sites excluding steroid dienone is 3. The Hall–Kier alpha value is -2.07. The van der Waals surface area contributed by atoms with Crippen molar-refractivity contribution in [3.8, 4) is 0 Å². The summed E-state index contributed by atoms with van der Waals surface area (Å²) >= 11 is 0. The molecule has 1 aromatic carbocycles. The maximum Gasteiger partial charge on any atom is 0.248 e. The fourth-order valence-corrected chi connectivity index (χ4v) is 2.23. The number of anilines is 2. The molecule has 1 fully saturated rings. The zero-order chi connectivity index (χ0) is 15.1. The zero-order valence-electron chi connectivity index (χ0n) is 12.6. The summed E-state index contributed by atoms with van der Waals surface area (Å²) in [5.41, 5.74) is 3.09. The maximum atomic E-state index is 11.8. The zero-order valence-corrected chi connectivity index (χ0v) is 12.6. The normalized spacial score (nSPS) is 15.8. The number of carbonyl (C=O) groups excluding carboxylic acids is 1. The van der Waals surface area contributed by atoms with E-state index in [0.29, 0.717) is 0 Å². The van der Waals surface area contributed by atoms with Gasteiger partial charge in [0, 0.05) is 30.5 Å². The van der Waals surface area contributed by atoms with Crippen LogP contribution in [0.4, 0.5) is 11.4 Å². The number of nitrogens with zero attached hydrogens (tertiary/aromatic N) is 1. The van der Waals surface area contributed by atoms with Crippen LogP contribution in [0, 0.1) is 6.92 Å². The minimum Gasteiger partial charge on any atom is -0.378 e. The highest BCUT2D eigenvalue weighted by Crippen LogP contribution is 2.23. The average molecular weight is 286 g/mol. The van der Waals surface area contributed by atoms with E-state index in [-0.39, 0.29) is 5.91 Å². The first-order chi connectivity index (χ1) is 10.2. The second kappa shape index (κ2) is 7.64. The van der Waals surface area contributed by atoms with Crippen LogP contribution in [0.2, 0.25) is 0 Å². The van der Waals surface area contributed by atoms with Gasteiger partial charge in [0.25, 0.3) is 0 Å². The van der Waals surface area contributed by atoms with Gasteiger partial charge in [-0.1, -0.05) is 18.2 Å². The summed E-state index contributed by atoms with van der Waals surface area (Å²) in [5.74, 6) is -0.115. The molecule has 0 radical (unpaired) electrons. The lowest BCUT2D eigenvalue weighted by atomic mass is 10.1. The quantitative estimate of drug-likeness (QED) is 0.683. The summed E-state index contributed by atoms with van der Waals surface area (Å²) in [5, 5.41) is 2.90. The van der Waals surface area contributed by atoms with Crippen molar-refractivity contribution in [3.05, 3.63) is 48.1 Å². The molecule has 0 aromatic heterocycles. The molecular formula is C17H22N2O2. The molecule has 0 atom stereocenters. The van der Waals surface area contributed by atoms with Crippen LogP contribution < -0.4 is 10.2 Å². The van der Waals surface area contributed by atoms with Crippen LogP contribution in [0.25, 0.3) is 0 Å². The Labute approximate surface area is 126 Å². The lowest BCUT2D eigenvalue weighted by Crippen LogP contribution is -2.36. The van der Waals surface area contributed by atoms with Crippen molar-refractivity contribution in [2.75, 3.05) is 36.5 Å². The number of aryl methyl sites for hydroxylation is 1. The number of morpholine rings is 1. The average Bonchev–Trinajstić information content (AvgIpc) is 2.50. The van der Waals surface area contributed by atoms with Gasteiger partial charge in [-0.2, -0.15) is 0 Å². The van der Waals surface area contributed by atoms with Crippen LogP contribution in [-0.2, 0) is 9.53 Å². The lowest BCUT2D eigenvalue weighted by molar-refractivity contribution is -0.111. The third kappa shape index (κ3) is 4.46. The molecule has 0 spiro atoms. The molecule has 0 saturated carbocycles. The summed E-state index contributed by atoms with van der Waals surface area (Å²) in [6.07, 6.45) is 6.96. The van der Waals surface area contributed by atoms with Gasteiger partial charge < -0.3 is 15.0 Å². The SMILES string of the molecule is C/C=C/C=C/C(=O)Nc1ccc(N2CCOCC2)cc1C. The van der Waals surface area contributed by atoms with E-state index in [0.717, 1.165) is 37.6 Å². The van der Waals surface area contributed by atoms with Crippen molar-refractivity contribution in [1.82, 2.24) is 0 Å². The van der Waals surface area contributed by atoms with E-state index in [1.165, 1.54) is 11.8 Å². The third-order valence-corrected chi connectivity index (χ3v) is 3.40. The molecule has 0 unspecified atom stereocenters. The molecule has 1 amide bonds. The molecule has 1 aliphatic rings. The molecule has 21 heavy (non-hydrogen) atoms. The molecule has 4 nitrogen and oxygen atoms in total. The van der Waals surface area contributed by atoms with E-state index >= 15 is 0 Å². The van der Waals surface area contributed by atoms with E-state index in [9.17, 15) is 4.79 Å². The molecule has 0 bridgehead atoms. The predicted octanol–water partition coefficient (Wildman–Crippen LogP) is 2.90. The summed E-state index contributed by atoms with van der Waals surface area (Å²) in [6, 6.07) is 6.11. The first-order valence-electron chi connectivity index (χ1n) is 7.24. The maximum absolute atomic E-state index is 11.8. The molecule has 2 rings (SSSR count). The van der Waals surface area contributed by atoms with Crippen LogP contribution in [0.15, 0.2) is 42.5 Å². The van der Waals surface area contributed by atoms with Crippen LogP contribution in [-0.4, -0.2) is 32.2 Å². The molecular weight excluding hydrogens is 264 g/mol. The number of hydrogen-bond donors (Lipinski definition) is 1. The molecule has 1 aromatic rings. The van der Waals surface area contributed by atoms with Crippen molar-refractivity contribution < 1.29 is 9.53 Å². The van der Waals surface area contributed by atoms with E-state index in [1.54, 1.807) is 6.08 Å². The lowest BCUT2D eigenvalue weighted by Gasteiger charge is -2.29. The topological polar surface area (TPSA) is 41.6 Å². The van der Waals surface area contributed by atoms with Gasteiger partial charge in [0.2, 0.25) is 5.91 Å². The van der Waals surface area contributed by atoms with Gasteiger partial charge in [0.15, 0.2) is 0 Å². The highest BCUT2D eigenvalue weighted by Gasteiger charge is 2.12. The van der Waals surface area contributed by atoms with Gasteiger partial charge in [-0.3, -0.25) is 4.79 Å². The molecule has 1 heterocycles. The number of hydrogen-bond acceptors (Lipinski definition) is 3. The Morgan fingerprint density at radius 2 is 2.05 bits per heavy atom. The Balaban J connectivity index is 2.03. The summed E-state index contributed by atoms with van der Waals surface area (Å²) in [4.78, 5) is 14.1. The first-order valence-corrected chi connectivity index (χ1v) is 7.24. The van der Waals surface area contributed by atoms with Crippen molar-refractivity contribution in [2.24, 2.45) is 0 Å². The van der Waals surface area contributed by atoms with E-state index in [4.69, 9.17) is 4.74 Å². The Kier molecular flexibility index (Phi) is 5.58. The number of rotatable bonds is 4. The van der Waals surface area contributed by atoms with E-state index in [2.05, 4.69) is 16.3 Å². The Bertz CT molecular complexity index is 544.